The molecule has 0 saturated carbocycles. The molecule has 0 aliphatic rings. The fraction of sp³-hybridized carbons (Fsp3) is 0.250. The number of hydrogen-bond donors (Lipinski definition) is 1. The van der Waals surface area contributed by atoms with Crippen molar-refractivity contribution in [2.75, 3.05) is 6.61 Å². The van der Waals surface area contributed by atoms with Crippen LogP contribution in [-0.2, 0) is 6.54 Å². The topological polar surface area (TPSA) is 77.2 Å². The van der Waals surface area contributed by atoms with Crippen molar-refractivity contribution >= 4 is 5.91 Å². The summed E-state index contributed by atoms with van der Waals surface area (Å²) in [4.78, 5) is 16.6. The first kappa shape index (κ1) is 17.7. The quantitative estimate of drug-likeness (QED) is 0.733. The third-order valence-corrected chi connectivity index (χ3v) is 3.91. The normalized spacial score (nSPS) is 10.6. The molecular formula is C20H21N3O3. The molecule has 2 aromatic carbocycles. The van der Waals surface area contributed by atoms with Crippen molar-refractivity contribution in [3.05, 3.63) is 65.0 Å². The maximum atomic E-state index is 12.3. The van der Waals surface area contributed by atoms with E-state index in [0.29, 0.717) is 23.9 Å². The number of nitrogens with zero attached hydrogens (tertiary/aromatic N) is 2. The van der Waals surface area contributed by atoms with E-state index in [9.17, 15) is 4.79 Å². The van der Waals surface area contributed by atoms with Crippen molar-refractivity contribution in [3.8, 4) is 17.1 Å². The summed E-state index contributed by atoms with van der Waals surface area (Å²) >= 11 is 0. The molecule has 0 aliphatic carbocycles. The van der Waals surface area contributed by atoms with Crippen LogP contribution in [0.4, 0.5) is 0 Å². The average Bonchev–Trinajstić information content (AvgIpc) is 3.11. The number of nitrogens with one attached hydrogen (secondary N) is 1. The van der Waals surface area contributed by atoms with Crippen molar-refractivity contribution in [2.45, 2.75) is 27.3 Å². The van der Waals surface area contributed by atoms with Crippen LogP contribution in [0.2, 0.25) is 0 Å². The van der Waals surface area contributed by atoms with Crippen molar-refractivity contribution in [1.82, 2.24) is 15.5 Å². The summed E-state index contributed by atoms with van der Waals surface area (Å²) in [5.74, 6) is 1.44. The van der Waals surface area contributed by atoms with Gasteiger partial charge in [-0.1, -0.05) is 35.0 Å². The largest absolute Gasteiger partial charge is 0.494 e. The molecule has 6 heteroatoms. The highest BCUT2D eigenvalue weighted by atomic mass is 16.5. The Morgan fingerprint density at radius 3 is 2.62 bits per heavy atom. The molecule has 1 N–H and O–H groups in total. The number of amides is 1. The maximum absolute atomic E-state index is 12.3. The lowest BCUT2D eigenvalue weighted by atomic mass is 10.1. The fourth-order valence-corrected chi connectivity index (χ4v) is 2.51. The van der Waals surface area contributed by atoms with Gasteiger partial charge in [-0.25, -0.2) is 0 Å². The van der Waals surface area contributed by atoms with Gasteiger partial charge in [0.25, 0.3) is 5.91 Å². The van der Waals surface area contributed by atoms with Crippen LogP contribution in [0.25, 0.3) is 11.4 Å². The zero-order valence-corrected chi connectivity index (χ0v) is 15.1. The fourth-order valence-electron chi connectivity index (χ4n) is 2.51. The highest BCUT2D eigenvalue weighted by Gasteiger charge is 2.12. The minimum Gasteiger partial charge on any atom is -0.494 e. The molecule has 26 heavy (non-hydrogen) atoms. The number of hydrogen-bond acceptors (Lipinski definition) is 5. The highest BCUT2D eigenvalue weighted by molar-refractivity contribution is 5.94. The lowest BCUT2D eigenvalue weighted by molar-refractivity contribution is 0.0946. The van der Waals surface area contributed by atoms with Crippen molar-refractivity contribution < 1.29 is 14.1 Å². The first-order valence-electron chi connectivity index (χ1n) is 8.48. The summed E-state index contributed by atoms with van der Waals surface area (Å²) in [5, 5.41) is 6.75. The molecular weight excluding hydrogens is 330 g/mol. The summed E-state index contributed by atoms with van der Waals surface area (Å²) in [6.07, 6.45) is 0. The number of carbonyl (C=O) groups is 1. The number of ether oxygens (including phenoxy) is 1. The number of carbonyl (C=O) groups excluding carboxylic acids is 1. The zero-order valence-electron chi connectivity index (χ0n) is 15.1. The van der Waals surface area contributed by atoms with E-state index in [2.05, 4.69) is 15.5 Å². The van der Waals surface area contributed by atoms with Gasteiger partial charge in [-0.3, -0.25) is 4.79 Å². The Morgan fingerprint density at radius 2 is 1.92 bits per heavy atom. The lowest BCUT2D eigenvalue weighted by Crippen LogP contribution is -2.23. The van der Waals surface area contributed by atoms with E-state index in [1.807, 2.05) is 45.0 Å². The van der Waals surface area contributed by atoms with Gasteiger partial charge in [0, 0.05) is 11.1 Å². The van der Waals surface area contributed by atoms with Gasteiger partial charge in [0.1, 0.15) is 5.75 Å². The Balaban J connectivity index is 1.63. The molecule has 1 aromatic heterocycles. The minimum atomic E-state index is -0.203. The molecule has 0 aliphatic heterocycles. The second-order valence-electron chi connectivity index (χ2n) is 5.97. The number of benzene rings is 2. The zero-order chi connectivity index (χ0) is 18.5. The van der Waals surface area contributed by atoms with Gasteiger partial charge in [-0.2, -0.15) is 4.98 Å². The molecule has 0 unspecified atom stereocenters. The van der Waals surface area contributed by atoms with Crippen LogP contribution in [0.5, 0.6) is 5.75 Å². The Morgan fingerprint density at radius 1 is 1.15 bits per heavy atom. The monoisotopic (exact) mass is 351 g/mol. The summed E-state index contributed by atoms with van der Waals surface area (Å²) in [6, 6.07) is 13.2. The average molecular weight is 351 g/mol. The number of rotatable bonds is 6. The van der Waals surface area contributed by atoms with E-state index < -0.39 is 0 Å². The molecule has 0 radical (unpaired) electrons. The summed E-state index contributed by atoms with van der Waals surface area (Å²) in [6.45, 7) is 6.61. The maximum Gasteiger partial charge on any atom is 0.251 e. The molecule has 0 spiro atoms. The lowest BCUT2D eigenvalue weighted by Gasteiger charge is -2.08. The second kappa shape index (κ2) is 7.82. The molecule has 6 nitrogen and oxygen atoms in total. The standard InChI is InChI=1S/C20H21N3O3/c1-4-25-17-10-9-16(11-14(17)3)20(24)21-12-18-22-19(23-26-18)15-7-5-13(2)6-8-15/h5-11H,4,12H2,1-3H3,(H,21,24). The van der Waals surface area contributed by atoms with Gasteiger partial charge in [-0.05, 0) is 44.5 Å². The Kier molecular flexibility index (Phi) is 5.31. The Bertz CT molecular complexity index is 901. The Labute approximate surface area is 152 Å². The number of aromatic nitrogens is 2. The molecule has 0 atom stereocenters. The minimum absolute atomic E-state index is 0.171. The highest BCUT2D eigenvalue weighted by Crippen LogP contribution is 2.19. The van der Waals surface area contributed by atoms with Crippen LogP contribution in [0.15, 0.2) is 47.0 Å². The van der Waals surface area contributed by atoms with Crippen molar-refractivity contribution in [1.29, 1.82) is 0 Å². The van der Waals surface area contributed by atoms with Crippen LogP contribution in [-0.4, -0.2) is 22.7 Å². The van der Waals surface area contributed by atoms with Crippen molar-refractivity contribution in [3.63, 3.8) is 0 Å². The molecule has 0 fully saturated rings. The van der Waals surface area contributed by atoms with E-state index in [-0.39, 0.29) is 12.5 Å². The van der Waals surface area contributed by atoms with Gasteiger partial charge < -0.3 is 14.6 Å². The van der Waals surface area contributed by atoms with Crippen LogP contribution >= 0.6 is 0 Å². The van der Waals surface area contributed by atoms with E-state index in [1.54, 1.807) is 18.2 Å². The molecule has 3 rings (SSSR count). The SMILES string of the molecule is CCOc1ccc(C(=O)NCc2nc(-c3ccc(C)cc3)no2)cc1C. The first-order chi connectivity index (χ1) is 12.6. The molecule has 0 saturated heterocycles. The molecule has 1 heterocycles. The summed E-state index contributed by atoms with van der Waals surface area (Å²) < 4.78 is 10.7. The van der Waals surface area contributed by atoms with E-state index >= 15 is 0 Å². The third kappa shape index (κ3) is 4.08. The van der Waals surface area contributed by atoms with Crippen LogP contribution < -0.4 is 10.1 Å². The molecule has 1 amide bonds. The third-order valence-electron chi connectivity index (χ3n) is 3.91. The first-order valence-corrected chi connectivity index (χ1v) is 8.48. The van der Waals surface area contributed by atoms with Gasteiger partial charge in [0.15, 0.2) is 0 Å². The van der Waals surface area contributed by atoms with Gasteiger partial charge in [0.05, 0.1) is 13.2 Å². The van der Waals surface area contributed by atoms with Crippen molar-refractivity contribution in [2.24, 2.45) is 0 Å². The van der Waals surface area contributed by atoms with E-state index in [4.69, 9.17) is 9.26 Å². The summed E-state index contributed by atoms with van der Waals surface area (Å²) in [5.41, 5.74) is 3.51. The predicted molar refractivity (Wildman–Crippen MR) is 98.0 cm³/mol. The van der Waals surface area contributed by atoms with Gasteiger partial charge in [0.2, 0.25) is 11.7 Å². The molecule has 134 valence electrons. The summed E-state index contributed by atoms with van der Waals surface area (Å²) in [7, 11) is 0. The van der Waals surface area contributed by atoms with Gasteiger partial charge in [-0.15, -0.1) is 0 Å². The van der Waals surface area contributed by atoms with E-state index in [1.165, 1.54) is 0 Å². The van der Waals surface area contributed by atoms with Crippen LogP contribution in [0, 0.1) is 13.8 Å². The van der Waals surface area contributed by atoms with Crippen LogP contribution in [0.3, 0.4) is 0 Å². The molecule has 3 aromatic rings. The van der Waals surface area contributed by atoms with Gasteiger partial charge >= 0.3 is 0 Å². The number of aryl methyl sites for hydroxylation is 2. The predicted octanol–water partition coefficient (Wildman–Crippen LogP) is 3.68. The smallest absolute Gasteiger partial charge is 0.251 e. The van der Waals surface area contributed by atoms with E-state index in [0.717, 1.165) is 22.4 Å². The molecule has 0 bridgehead atoms. The Hall–Kier alpha value is -3.15. The van der Waals surface area contributed by atoms with Crippen LogP contribution in [0.1, 0.15) is 34.3 Å². The second-order valence-corrected chi connectivity index (χ2v) is 5.97.